The van der Waals surface area contributed by atoms with E-state index in [2.05, 4.69) is 33.1 Å². The summed E-state index contributed by atoms with van der Waals surface area (Å²) in [6.07, 6.45) is 0. The minimum absolute atomic E-state index is 0.00820. The van der Waals surface area contributed by atoms with E-state index in [1.807, 2.05) is 0 Å². The molecule has 1 heterocycles. The number of carbonyl (C=O) groups excluding carboxylic acids is 1. The maximum atomic E-state index is 12.3. The van der Waals surface area contributed by atoms with Crippen LogP contribution in [0.25, 0.3) is 0 Å². The number of rotatable bonds is 4. The van der Waals surface area contributed by atoms with E-state index in [1.165, 1.54) is 13.2 Å². The second kappa shape index (κ2) is 7.18. The maximum Gasteiger partial charge on any atom is 0.317 e. The predicted octanol–water partition coefficient (Wildman–Crippen LogP) is 2.38. The molecule has 1 fully saturated rings. The number of methoxy groups -OCH3 is 1. The largest absolute Gasteiger partial charge is 0.504 e. The molecule has 2 atom stereocenters. The molecular weight excluding hydrogens is 384 g/mol. The van der Waals surface area contributed by atoms with Crippen LogP contribution in [0.5, 0.6) is 11.5 Å². The highest BCUT2D eigenvalue weighted by Crippen LogP contribution is 2.40. The fourth-order valence-corrected chi connectivity index (χ4v) is 3.25. The van der Waals surface area contributed by atoms with Crippen molar-refractivity contribution in [3.8, 4) is 11.5 Å². The van der Waals surface area contributed by atoms with Gasteiger partial charge in [0.05, 0.1) is 19.8 Å². The molecule has 23 heavy (non-hydrogen) atoms. The maximum absolute atomic E-state index is 12.3. The van der Waals surface area contributed by atoms with E-state index in [0.717, 1.165) is 0 Å². The Labute approximate surface area is 148 Å². The smallest absolute Gasteiger partial charge is 0.317 e. The lowest BCUT2D eigenvalue weighted by Gasteiger charge is -2.35. The molecule has 0 bridgehead atoms. The number of phenols is 1. The summed E-state index contributed by atoms with van der Waals surface area (Å²) in [6, 6.07) is 2.65. The highest BCUT2D eigenvalue weighted by Gasteiger charge is 2.38. The van der Waals surface area contributed by atoms with Gasteiger partial charge >= 0.3 is 5.97 Å². The molecule has 0 radical (unpaired) electrons. The lowest BCUT2D eigenvalue weighted by Crippen LogP contribution is -2.51. The molecule has 0 spiro atoms. The van der Waals surface area contributed by atoms with Crippen LogP contribution in [-0.4, -0.2) is 29.9 Å². The van der Waals surface area contributed by atoms with Gasteiger partial charge in [-0.1, -0.05) is 22.5 Å². The standard InChI is InChI=1S/C15H17BrN2O4S/c1-4-22-14(20)12-7(2)17-15(23)18-13(12)8-5-11(21-3)10(19)6-9(8)16/h5-6,12-13,19H,2,4H2,1,3H3,(H2,17,18,23)/t12-,13-/m0/s1. The number of ether oxygens (including phenoxy) is 2. The Bertz CT molecular complexity index is 665. The van der Waals surface area contributed by atoms with E-state index in [0.29, 0.717) is 26.6 Å². The first-order valence-corrected chi connectivity index (χ1v) is 8.08. The van der Waals surface area contributed by atoms with Crippen LogP contribution in [0.3, 0.4) is 0 Å². The molecule has 1 aromatic carbocycles. The van der Waals surface area contributed by atoms with E-state index in [-0.39, 0.29) is 12.4 Å². The zero-order valence-corrected chi connectivity index (χ0v) is 15.1. The SMILES string of the molecule is C=C1NC(=S)N[C@@H](c2cc(OC)c(O)cc2Br)[C@H]1C(=O)OCC. The Balaban J connectivity index is 2.49. The van der Waals surface area contributed by atoms with Crippen molar-refractivity contribution in [2.75, 3.05) is 13.7 Å². The fraction of sp³-hybridized carbons (Fsp3) is 0.333. The quantitative estimate of drug-likeness (QED) is 0.528. The van der Waals surface area contributed by atoms with Gasteiger partial charge in [-0.15, -0.1) is 0 Å². The van der Waals surface area contributed by atoms with Crippen molar-refractivity contribution in [1.82, 2.24) is 10.6 Å². The Morgan fingerprint density at radius 1 is 1.52 bits per heavy atom. The van der Waals surface area contributed by atoms with Crippen molar-refractivity contribution in [2.24, 2.45) is 5.92 Å². The molecule has 1 saturated heterocycles. The molecule has 124 valence electrons. The third-order valence-electron chi connectivity index (χ3n) is 3.44. The molecule has 0 saturated carbocycles. The summed E-state index contributed by atoms with van der Waals surface area (Å²) < 4.78 is 10.9. The van der Waals surface area contributed by atoms with Gasteiger partial charge in [0, 0.05) is 10.2 Å². The third-order valence-corrected chi connectivity index (χ3v) is 4.35. The van der Waals surface area contributed by atoms with Gasteiger partial charge in [-0.25, -0.2) is 0 Å². The number of hydrogen-bond donors (Lipinski definition) is 3. The van der Waals surface area contributed by atoms with E-state index < -0.39 is 17.9 Å². The molecule has 8 heteroatoms. The molecule has 0 amide bonds. The van der Waals surface area contributed by atoms with Gasteiger partial charge in [0.25, 0.3) is 0 Å². The lowest BCUT2D eigenvalue weighted by atomic mass is 9.89. The van der Waals surface area contributed by atoms with Crippen LogP contribution >= 0.6 is 28.1 Å². The number of esters is 1. The second-order valence-corrected chi connectivity index (χ2v) is 6.14. The Morgan fingerprint density at radius 2 is 2.22 bits per heavy atom. The van der Waals surface area contributed by atoms with Crippen molar-refractivity contribution >= 4 is 39.2 Å². The van der Waals surface area contributed by atoms with Gasteiger partial charge in [0.15, 0.2) is 16.6 Å². The monoisotopic (exact) mass is 400 g/mol. The summed E-state index contributed by atoms with van der Waals surface area (Å²) in [4.78, 5) is 12.3. The third kappa shape index (κ3) is 3.59. The van der Waals surface area contributed by atoms with Crippen molar-refractivity contribution in [3.05, 3.63) is 34.4 Å². The number of aromatic hydroxyl groups is 1. The second-order valence-electron chi connectivity index (χ2n) is 4.88. The van der Waals surface area contributed by atoms with Crippen LogP contribution in [-0.2, 0) is 9.53 Å². The summed E-state index contributed by atoms with van der Waals surface area (Å²) in [5, 5.41) is 16.1. The molecule has 2 rings (SSSR count). The molecule has 1 aromatic rings. The first-order valence-electron chi connectivity index (χ1n) is 6.88. The number of phenolic OH excluding ortho intramolecular Hbond substituents is 1. The van der Waals surface area contributed by atoms with Crippen molar-refractivity contribution < 1.29 is 19.4 Å². The normalized spacial score (nSPS) is 20.5. The van der Waals surface area contributed by atoms with Gasteiger partial charge in [-0.05, 0) is 36.8 Å². The number of benzene rings is 1. The lowest BCUT2D eigenvalue weighted by molar-refractivity contribution is -0.147. The van der Waals surface area contributed by atoms with Gasteiger partial charge in [0.2, 0.25) is 0 Å². The average molecular weight is 401 g/mol. The number of thiocarbonyl (C=S) groups is 1. The summed E-state index contributed by atoms with van der Waals surface area (Å²) in [6.45, 7) is 5.88. The molecule has 0 unspecified atom stereocenters. The molecule has 0 aliphatic carbocycles. The first-order chi connectivity index (χ1) is 10.9. The Hall–Kier alpha value is -1.80. The van der Waals surface area contributed by atoms with Crippen molar-refractivity contribution in [2.45, 2.75) is 13.0 Å². The molecule has 1 aliphatic rings. The number of halogens is 1. The summed E-state index contributed by atoms with van der Waals surface area (Å²) >= 11 is 8.56. The average Bonchev–Trinajstić information content (AvgIpc) is 2.46. The van der Waals surface area contributed by atoms with Crippen LogP contribution in [0.15, 0.2) is 28.9 Å². The van der Waals surface area contributed by atoms with Crippen LogP contribution in [0.2, 0.25) is 0 Å². The van der Waals surface area contributed by atoms with E-state index in [1.54, 1.807) is 13.0 Å². The molecule has 3 N–H and O–H groups in total. The Kier molecular flexibility index (Phi) is 5.48. The summed E-state index contributed by atoms with van der Waals surface area (Å²) in [7, 11) is 1.45. The van der Waals surface area contributed by atoms with Crippen LogP contribution in [0, 0.1) is 5.92 Å². The summed E-state index contributed by atoms with van der Waals surface area (Å²) in [5.74, 6) is -0.801. The zero-order chi connectivity index (χ0) is 17.1. The fourth-order valence-electron chi connectivity index (χ4n) is 2.41. The topological polar surface area (TPSA) is 79.8 Å². The van der Waals surface area contributed by atoms with E-state index in [9.17, 15) is 9.90 Å². The molecule has 0 aromatic heterocycles. The summed E-state index contributed by atoms with van der Waals surface area (Å²) in [5.41, 5.74) is 1.15. The highest BCUT2D eigenvalue weighted by molar-refractivity contribution is 9.10. The molecular formula is C15H17BrN2O4S. The van der Waals surface area contributed by atoms with E-state index in [4.69, 9.17) is 21.7 Å². The minimum Gasteiger partial charge on any atom is -0.504 e. The van der Waals surface area contributed by atoms with Gasteiger partial charge in [-0.3, -0.25) is 4.79 Å². The van der Waals surface area contributed by atoms with Gasteiger partial charge < -0.3 is 25.2 Å². The van der Waals surface area contributed by atoms with Gasteiger partial charge in [-0.2, -0.15) is 0 Å². The number of hydrogen-bond acceptors (Lipinski definition) is 5. The molecule has 6 nitrogen and oxygen atoms in total. The first kappa shape index (κ1) is 17.6. The highest BCUT2D eigenvalue weighted by atomic mass is 79.9. The van der Waals surface area contributed by atoms with Crippen molar-refractivity contribution in [3.63, 3.8) is 0 Å². The number of carbonyl (C=O) groups is 1. The van der Waals surface area contributed by atoms with E-state index >= 15 is 0 Å². The zero-order valence-electron chi connectivity index (χ0n) is 12.7. The van der Waals surface area contributed by atoms with Crippen molar-refractivity contribution in [1.29, 1.82) is 0 Å². The predicted molar refractivity (Wildman–Crippen MR) is 93.2 cm³/mol. The minimum atomic E-state index is -0.674. The van der Waals surface area contributed by atoms with Crippen LogP contribution < -0.4 is 15.4 Å². The number of nitrogens with one attached hydrogen (secondary N) is 2. The van der Waals surface area contributed by atoms with Crippen LogP contribution in [0.1, 0.15) is 18.5 Å². The molecule has 1 aliphatic heterocycles. The van der Waals surface area contributed by atoms with Crippen LogP contribution in [0.4, 0.5) is 0 Å². The van der Waals surface area contributed by atoms with Gasteiger partial charge in [0.1, 0.15) is 5.92 Å². The Morgan fingerprint density at radius 3 is 2.83 bits per heavy atom.